The zero-order valence-corrected chi connectivity index (χ0v) is 27.0. The number of aromatic nitrogens is 4. The van der Waals surface area contributed by atoms with Gasteiger partial charge in [0.2, 0.25) is 5.95 Å². The van der Waals surface area contributed by atoms with E-state index in [-0.39, 0.29) is 0 Å². The van der Waals surface area contributed by atoms with E-state index in [0.29, 0.717) is 5.95 Å². The van der Waals surface area contributed by atoms with Gasteiger partial charge in [0.05, 0.1) is 38.0 Å². The van der Waals surface area contributed by atoms with Crippen LogP contribution in [0.3, 0.4) is 0 Å². The first-order valence-corrected chi connectivity index (χ1v) is 17.3. The molecule has 4 nitrogen and oxygen atoms in total. The summed E-state index contributed by atoms with van der Waals surface area (Å²) in [7, 11) is 0. The van der Waals surface area contributed by atoms with E-state index in [1.165, 1.54) is 52.8 Å². The van der Waals surface area contributed by atoms with Crippen LogP contribution in [0.4, 0.5) is 0 Å². The minimum atomic E-state index is 0.667. The summed E-state index contributed by atoms with van der Waals surface area (Å²) in [5.74, 6) is 0.667. The summed E-state index contributed by atoms with van der Waals surface area (Å²) in [5, 5.41) is 8.44. The quantitative estimate of drug-likeness (QED) is 0.192. The minimum Gasteiger partial charge on any atom is -0.308 e. The third-order valence-electron chi connectivity index (χ3n) is 9.90. The average Bonchev–Trinajstić information content (AvgIpc) is 3.83. The van der Waals surface area contributed by atoms with E-state index >= 15 is 0 Å². The molecule has 11 aromatic rings. The van der Waals surface area contributed by atoms with Crippen LogP contribution in [0.15, 0.2) is 158 Å². The first-order valence-electron chi connectivity index (χ1n) is 16.5. The monoisotopic (exact) mass is 642 g/mol. The second-order valence-corrected chi connectivity index (χ2v) is 13.6. The third-order valence-corrected chi connectivity index (χ3v) is 11.1. The first-order chi connectivity index (χ1) is 24.3. The molecule has 0 aliphatic carbocycles. The van der Waals surface area contributed by atoms with Crippen LogP contribution in [0.1, 0.15) is 0 Å². The van der Waals surface area contributed by atoms with E-state index in [1.807, 2.05) is 11.3 Å². The van der Waals surface area contributed by atoms with E-state index < -0.39 is 0 Å². The van der Waals surface area contributed by atoms with Crippen molar-refractivity contribution < 1.29 is 0 Å². The summed E-state index contributed by atoms with van der Waals surface area (Å²) < 4.78 is 7.36. The molecule has 0 atom stereocenters. The van der Waals surface area contributed by atoms with E-state index in [4.69, 9.17) is 9.97 Å². The van der Waals surface area contributed by atoms with Crippen molar-refractivity contribution in [2.75, 3.05) is 0 Å². The molecule has 4 aromatic heterocycles. The van der Waals surface area contributed by atoms with Crippen molar-refractivity contribution in [1.82, 2.24) is 19.1 Å². The number of benzene rings is 7. The van der Waals surface area contributed by atoms with Crippen molar-refractivity contribution in [2.45, 2.75) is 0 Å². The molecule has 0 amide bonds. The molecule has 11 rings (SSSR count). The summed E-state index contributed by atoms with van der Waals surface area (Å²) in [6, 6.07) is 56.0. The van der Waals surface area contributed by atoms with Gasteiger partial charge in [-0.25, -0.2) is 9.97 Å². The Morgan fingerprint density at radius 1 is 0.429 bits per heavy atom. The molecule has 4 heterocycles. The Morgan fingerprint density at radius 3 is 1.80 bits per heavy atom. The largest absolute Gasteiger partial charge is 0.308 e. The van der Waals surface area contributed by atoms with Gasteiger partial charge in [-0.3, -0.25) is 4.57 Å². The molecule has 0 aliphatic heterocycles. The molecular weight excluding hydrogens is 617 g/mol. The summed E-state index contributed by atoms with van der Waals surface area (Å²) in [6.45, 7) is 0. The molecule has 0 bridgehead atoms. The molecule has 0 saturated heterocycles. The highest BCUT2D eigenvalue weighted by Crippen LogP contribution is 2.51. The molecule has 0 radical (unpaired) electrons. The first kappa shape index (κ1) is 26.7. The van der Waals surface area contributed by atoms with Gasteiger partial charge >= 0.3 is 0 Å². The Balaban J connectivity index is 1.44. The molecule has 0 saturated carbocycles. The normalized spacial score (nSPS) is 12.1. The maximum Gasteiger partial charge on any atom is 0.235 e. The van der Waals surface area contributed by atoms with Crippen LogP contribution >= 0.6 is 11.3 Å². The van der Waals surface area contributed by atoms with E-state index in [1.54, 1.807) is 0 Å². The fourth-order valence-electron chi connectivity index (χ4n) is 7.92. The highest BCUT2D eigenvalue weighted by Gasteiger charge is 2.27. The van der Waals surface area contributed by atoms with Crippen molar-refractivity contribution in [3.05, 3.63) is 158 Å². The highest BCUT2D eigenvalue weighted by molar-refractivity contribution is 7.27. The molecule has 5 heteroatoms. The van der Waals surface area contributed by atoms with Crippen molar-refractivity contribution in [3.8, 4) is 22.9 Å². The Morgan fingerprint density at radius 2 is 1.02 bits per heavy atom. The zero-order valence-electron chi connectivity index (χ0n) is 26.2. The standard InChI is InChI=1S/C44H26N4S/c1-3-15-27(16-4-1)40-29-19-7-11-23-33(29)45-44(46-40)48-35-25-13-8-20-30(35)37-38-32-22-10-14-26-36(32)49-43(38)42-39(41(37)48)31-21-9-12-24-34(31)47(42)28-17-5-2-6-18-28/h1-26H. The fraction of sp³-hybridized carbons (Fsp3) is 0. The molecular formula is C44H26N4S. The Hall–Kier alpha value is -6.30. The lowest BCUT2D eigenvalue weighted by atomic mass is 10.0. The van der Waals surface area contributed by atoms with Crippen molar-refractivity contribution in [3.63, 3.8) is 0 Å². The highest BCUT2D eigenvalue weighted by atomic mass is 32.1. The number of nitrogens with zero attached hydrogens (tertiary/aromatic N) is 4. The number of hydrogen-bond acceptors (Lipinski definition) is 3. The van der Waals surface area contributed by atoms with E-state index in [9.17, 15) is 0 Å². The molecule has 0 N–H and O–H groups in total. The van der Waals surface area contributed by atoms with Gasteiger partial charge in [-0.05, 0) is 36.4 Å². The smallest absolute Gasteiger partial charge is 0.235 e. The van der Waals surface area contributed by atoms with Gasteiger partial charge in [-0.15, -0.1) is 11.3 Å². The maximum atomic E-state index is 5.44. The van der Waals surface area contributed by atoms with Gasteiger partial charge < -0.3 is 4.57 Å². The lowest BCUT2D eigenvalue weighted by molar-refractivity contribution is 1.02. The van der Waals surface area contributed by atoms with Crippen molar-refractivity contribution in [1.29, 1.82) is 0 Å². The summed E-state index contributed by atoms with van der Waals surface area (Å²) in [5.41, 5.74) is 8.67. The predicted molar refractivity (Wildman–Crippen MR) is 207 cm³/mol. The summed E-state index contributed by atoms with van der Waals surface area (Å²) in [4.78, 5) is 10.8. The van der Waals surface area contributed by atoms with Gasteiger partial charge in [0.1, 0.15) is 0 Å². The maximum absolute atomic E-state index is 5.44. The molecule has 0 unspecified atom stereocenters. The number of fused-ring (bicyclic) bond motifs is 13. The lowest BCUT2D eigenvalue weighted by Gasteiger charge is -2.13. The number of thiophene rings is 1. The van der Waals surface area contributed by atoms with Crippen molar-refractivity contribution in [2.24, 2.45) is 0 Å². The van der Waals surface area contributed by atoms with Gasteiger partial charge in [0.25, 0.3) is 0 Å². The summed E-state index contributed by atoms with van der Waals surface area (Å²) in [6.07, 6.45) is 0. The second kappa shape index (κ2) is 10.1. The Labute approximate surface area is 284 Å². The lowest BCUT2D eigenvalue weighted by Crippen LogP contribution is -2.03. The van der Waals surface area contributed by atoms with Crippen LogP contribution in [0.5, 0.6) is 0 Å². The fourth-order valence-corrected chi connectivity index (χ4v) is 9.17. The molecule has 49 heavy (non-hydrogen) atoms. The van der Waals surface area contributed by atoms with Crippen LogP contribution in [0.25, 0.3) is 97.6 Å². The van der Waals surface area contributed by atoms with Gasteiger partial charge in [0.15, 0.2) is 0 Å². The van der Waals surface area contributed by atoms with Crippen LogP contribution in [-0.2, 0) is 0 Å². The molecule has 0 aliphatic rings. The molecule has 0 spiro atoms. The van der Waals surface area contributed by atoms with Crippen LogP contribution in [0.2, 0.25) is 0 Å². The number of hydrogen-bond donors (Lipinski definition) is 0. The van der Waals surface area contributed by atoms with Gasteiger partial charge in [-0.2, -0.15) is 0 Å². The summed E-state index contributed by atoms with van der Waals surface area (Å²) >= 11 is 1.88. The topological polar surface area (TPSA) is 35.6 Å². The SMILES string of the molecule is c1ccc(-c2nc(-n3c4ccccc4c4c5c6ccccc6sc5c5c(c6ccccc6n5-c5ccccc5)c43)nc3ccccc23)cc1. The molecule has 7 aromatic carbocycles. The number of rotatable bonds is 3. The van der Waals surface area contributed by atoms with Gasteiger partial charge in [0, 0.05) is 53.7 Å². The second-order valence-electron chi connectivity index (χ2n) is 12.5. The Bertz CT molecular complexity index is 3100. The number of para-hydroxylation sites is 4. The van der Waals surface area contributed by atoms with E-state index in [0.717, 1.165) is 38.9 Å². The Kier molecular flexibility index (Phi) is 5.51. The van der Waals surface area contributed by atoms with E-state index in [2.05, 4.69) is 167 Å². The molecule has 228 valence electrons. The van der Waals surface area contributed by atoms with Crippen molar-refractivity contribution >= 4 is 86.0 Å². The predicted octanol–water partition coefficient (Wildman–Crippen LogP) is 11.9. The molecule has 0 fully saturated rings. The average molecular weight is 643 g/mol. The van der Waals surface area contributed by atoms with Gasteiger partial charge in [-0.1, -0.05) is 121 Å². The minimum absolute atomic E-state index is 0.667. The van der Waals surface area contributed by atoms with Crippen LogP contribution in [0, 0.1) is 0 Å². The zero-order chi connectivity index (χ0) is 32.1. The van der Waals surface area contributed by atoms with Crippen LogP contribution < -0.4 is 0 Å². The van der Waals surface area contributed by atoms with Crippen LogP contribution in [-0.4, -0.2) is 19.1 Å². The third kappa shape index (κ3) is 3.68.